The van der Waals surface area contributed by atoms with E-state index in [-0.39, 0.29) is 0 Å². The lowest BCUT2D eigenvalue weighted by molar-refractivity contribution is 0.151. The average Bonchev–Trinajstić information content (AvgIpc) is 2.28. The highest BCUT2D eigenvalue weighted by Crippen LogP contribution is 2.41. The molecule has 0 aromatic carbocycles. The highest BCUT2D eigenvalue weighted by molar-refractivity contribution is 8.00. The van der Waals surface area contributed by atoms with Gasteiger partial charge in [0.1, 0.15) is 5.37 Å². The topological polar surface area (TPSA) is 38.3 Å². The molecule has 0 radical (unpaired) electrons. The van der Waals surface area contributed by atoms with Crippen molar-refractivity contribution in [1.82, 2.24) is 5.32 Å². The average molecular weight is 335 g/mol. The summed E-state index contributed by atoms with van der Waals surface area (Å²) in [6, 6.07) is 0. The normalized spacial score (nSPS) is 19.3. The quantitative estimate of drug-likeness (QED) is 0.608. The second-order valence-corrected chi connectivity index (χ2v) is 7.96. The van der Waals surface area contributed by atoms with Crippen LogP contribution in [0.2, 0.25) is 0 Å². The van der Waals surface area contributed by atoms with Crippen molar-refractivity contribution in [3.8, 4) is 0 Å². The minimum absolute atomic E-state index is 0.298. The molecule has 3 nitrogen and oxygen atoms in total. The Bertz CT molecular complexity index is 268. The number of carbonyl (C=O) groups is 1. The number of nitrogens with one attached hydrogen (secondary N) is 1. The van der Waals surface area contributed by atoms with Crippen molar-refractivity contribution in [3.05, 3.63) is 0 Å². The van der Waals surface area contributed by atoms with E-state index < -0.39 is 15.3 Å². The van der Waals surface area contributed by atoms with E-state index in [2.05, 4.69) is 5.32 Å². The number of rotatable bonds is 4. The third-order valence-electron chi connectivity index (χ3n) is 2.70. The molecule has 1 atom stereocenters. The van der Waals surface area contributed by atoms with Crippen LogP contribution in [0.25, 0.3) is 0 Å². The highest BCUT2D eigenvalue weighted by Gasteiger charge is 2.36. The van der Waals surface area contributed by atoms with Crippen molar-refractivity contribution in [2.45, 2.75) is 53.4 Å². The van der Waals surface area contributed by atoms with Gasteiger partial charge in [-0.1, -0.05) is 54.1 Å². The summed E-state index contributed by atoms with van der Waals surface area (Å²) in [6.07, 6.45) is 5.32. The van der Waals surface area contributed by atoms with Gasteiger partial charge in [0.05, 0.1) is 6.61 Å². The first kappa shape index (κ1) is 16.5. The first-order valence-electron chi connectivity index (χ1n) is 6.09. The summed E-state index contributed by atoms with van der Waals surface area (Å²) in [5.74, 6) is 0. The van der Waals surface area contributed by atoms with Crippen molar-refractivity contribution >= 4 is 52.7 Å². The second kappa shape index (κ2) is 7.93. The maximum atomic E-state index is 11.4. The molecule has 1 rings (SSSR count). The fourth-order valence-corrected chi connectivity index (χ4v) is 3.80. The Labute approximate surface area is 127 Å². The molecule has 0 aromatic heterocycles. The first-order valence-corrected chi connectivity index (χ1v) is 8.16. The van der Waals surface area contributed by atoms with E-state index in [1.165, 1.54) is 31.0 Å². The molecule has 106 valence electrons. The van der Waals surface area contributed by atoms with Crippen LogP contribution in [0.4, 0.5) is 4.79 Å². The molecule has 1 aliphatic rings. The zero-order valence-corrected chi connectivity index (χ0v) is 13.3. The molecule has 1 saturated carbocycles. The highest BCUT2D eigenvalue weighted by atomic mass is 35.6. The minimum atomic E-state index is -1.53. The molecule has 1 N–H and O–H groups in total. The SMILES string of the molecule is CCOC(=O)N[C@H](SC1CCCCC1)C(Cl)(Cl)Cl. The molecule has 0 unspecified atom stereocenters. The number of halogens is 3. The summed E-state index contributed by atoms with van der Waals surface area (Å²) in [7, 11) is 0. The molecule has 0 heterocycles. The van der Waals surface area contributed by atoms with Crippen LogP contribution in [-0.2, 0) is 4.74 Å². The van der Waals surface area contributed by atoms with Crippen molar-refractivity contribution in [2.24, 2.45) is 0 Å². The van der Waals surface area contributed by atoms with Gasteiger partial charge in [0.15, 0.2) is 0 Å². The van der Waals surface area contributed by atoms with Crippen LogP contribution < -0.4 is 5.32 Å². The molecule has 1 aliphatic carbocycles. The number of ether oxygens (including phenoxy) is 1. The molecule has 0 aromatic rings. The number of thioether (sulfide) groups is 1. The Balaban J connectivity index is 2.52. The van der Waals surface area contributed by atoms with E-state index in [0.29, 0.717) is 11.9 Å². The lowest BCUT2D eigenvalue weighted by Gasteiger charge is -2.30. The number of alkyl halides is 3. The van der Waals surface area contributed by atoms with Gasteiger partial charge in [-0.15, -0.1) is 11.8 Å². The standard InChI is InChI=1S/C11H18Cl3NO2S/c1-2-17-10(16)15-9(11(12,13)14)18-8-6-4-3-5-7-8/h8-9H,2-7H2,1H3,(H,15,16)/t9-/m1/s1. The van der Waals surface area contributed by atoms with Crippen LogP contribution in [0.15, 0.2) is 0 Å². The molecule has 0 saturated heterocycles. The molecule has 18 heavy (non-hydrogen) atoms. The van der Waals surface area contributed by atoms with E-state index in [0.717, 1.165) is 12.8 Å². The predicted molar refractivity (Wildman–Crippen MR) is 78.7 cm³/mol. The first-order chi connectivity index (χ1) is 8.43. The third kappa shape index (κ3) is 6.09. The number of hydrogen-bond acceptors (Lipinski definition) is 3. The van der Waals surface area contributed by atoms with Crippen LogP contribution in [0.3, 0.4) is 0 Å². The second-order valence-electron chi connectivity index (χ2n) is 4.18. The largest absolute Gasteiger partial charge is 0.450 e. The predicted octanol–water partition coefficient (Wildman–Crippen LogP) is 4.49. The van der Waals surface area contributed by atoms with Crippen LogP contribution in [0, 0.1) is 0 Å². The number of carbonyl (C=O) groups excluding carboxylic acids is 1. The lowest BCUT2D eigenvalue weighted by atomic mass is 10.0. The molecule has 1 amide bonds. The Morgan fingerprint density at radius 1 is 1.39 bits per heavy atom. The van der Waals surface area contributed by atoms with Gasteiger partial charge < -0.3 is 10.1 Å². The van der Waals surface area contributed by atoms with Crippen LogP contribution in [-0.4, -0.2) is 27.1 Å². The maximum absolute atomic E-state index is 11.4. The Morgan fingerprint density at radius 3 is 2.50 bits per heavy atom. The number of alkyl carbamates (subject to hydrolysis) is 1. The van der Waals surface area contributed by atoms with Crippen LogP contribution in [0.5, 0.6) is 0 Å². The zero-order chi connectivity index (χ0) is 13.6. The van der Waals surface area contributed by atoms with Gasteiger partial charge in [0.25, 0.3) is 0 Å². The van der Waals surface area contributed by atoms with Crippen LogP contribution >= 0.6 is 46.6 Å². The molecule has 0 bridgehead atoms. The smallest absolute Gasteiger partial charge is 0.408 e. The van der Waals surface area contributed by atoms with Gasteiger partial charge >= 0.3 is 6.09 Å². The van der Waals surface area contributed by atoms with E-state index in [4.69, 9.17) is 39.5 Å². The minimum Gasteiger partial charge on any atom is -0.450 e. The fraction of sp³-hybridized carbons (Fsp3) is 0.909. The third-order valence-corrected chi connectivity index (χ3v) is 5.35. The Hall–Kier alpha value is 0.490. The molecular formula is C11H18Cl3NO2S. The fourth-order valence-electron chi connectivity index (χ4n) is 1.87. The molecule has 0 aliphatic heterocycles. The van der Waals surface area contributed by atoms with Crippen LogP contribution in [0.1, 0.15) is 39.0 Å². The molecule has 1 fully saturated rings. The molecule has 7 heteroatoms. The number of amides is 1. The van der Waals surface area contributed by atoms with Crippen molar-refractivity contribution < 1.29 is 9.53 Å². The summed E-state index contributed by atoms with van der Waals surface area (Å²) in [5.41, 5.74) is 0. The van der Waals surface area contributed by atoms with E-state index in [1.54, 1.807) is 6.92 Å². The Morgan fingerprint density at radius 2 is 2.00 bits per heavy atom. The monoisotopic (exact) mass is 333 g/mol. The van der Waals surface area contributed by atoms with E-state index >= 15 is 0 Å². The van der Waals surface area contributed by atoms with Gasteiger partial charge in [-0.3, -0.25) is 0 Å². The van der Waals surface area contributed by atoms with Gasteiger partial charge in [-0.25, -0.2) is 4.79 Å². The van der Waals surface area contributed by atoms with Gasteiger partial charge in [0, 0.05) is 5.25 Å². The number of hydrogen-bond donors (Lipinski definition) is 1. The lowest BCUT2D eigenvalue weighted by Crippen LogP contribution is -2.43. The molecular weight excluding hydrogens is 317 g/mol. The van der Waals surface area contributed by atoms with E-state index in [1.807, 2.05) is 0 Å². The zero-order valence-electron chi connectivity index (χ0n) is 10.3. The van der Waals surface area contributed by atoms with Crippen molar-refractivity contribution in [2.75, 3.05) is 6.61 Å². The Kier molecular flexibility index (Phi) is 7.29. The maximum Gasteiger partial charge on any atom is 0.408 e. The van der Waals surface area contributed by atoms with Gasteiger partial charge in [0.2, 0.25) is 3.79 Å². The van der Waals surface area contributed by atoms with Crippen molar-refractivity contribution in [1.29, 1.82) is 0 Å². The van der Waals surface area contributed by atoms with Gasteiger partial charge in [-0.05, 0) is 19.8 Å². The van der Waals surface area contributed by atoms with E-state index in [9.17, 15) is 4.79 Å². The van der Waals surface area contributed by atoms with Gasteiger partial charge in [-0.2, -0.15) is 0 Å². The van der Waals surface area contributed by atoms with Crippen molar-refractivity contribution in [3.63, 3.8) is 0 Å². The summed E-state index contributed by atoms with van der Waals surface area (Å²) in [6.45, 7) is 2.03. The summed E-state index contributed by atoms with van der Waals surface area (Å²) < 4.78 is 3.28. The molecule has 0 spiro atoms. The summed E-state index contributed by atoms with van der Waals surface area (Å²) >= 11 is 19.2. The summed E-state index contributed by atoms with van der Waals surface area (Å²) in [5, 5.41) is 2.46. The summed E-state index contributed by atoms with van der Waals surface area (Å²) in [4.78, 5) is 11.4.